The van der Waals surface area contributed by atoms with Gasteiger partial charge in [-0.3, -0.25) is 9.59 Å². The lowest BCUT2D eigenvalue weighted by Crippen LogP contribution is -2.48. The quantitative estimate of drug-likeness (QED) is 0.708. The van der Waals surface area contributed by atoms with Gasteiger partial charge in [-0.25, -0.2) is 0 Å². The normalized spacial score (nSPS) is 24.2. The fourth-order valence-electron chi connectivity index (χ4n) is 4.64. The van der Waals surface area contributed by atoms with Crippen LogP contribution in [0.15, 0.2) is 60.7 Å². The summed E-state index contributed by atoms with van der Waals surface area (Å²) in [6, 6.07) is 14.6. The number of rotatable bonds is 6. The van der Waals surface area contributed by atoms with Crippen molar-refractivity contribution in [2.24, 2.45) is 23.7 Å². The average molecular weight is 406 g/mol. The van der Waals surface area contributed by atoms with E-state index in [-0.39, 0.29) is 23.7 Å². The third kappa shape index (κ3) is 3.77. The highest BCUT2D eigenvalue weighted by Gasteiger charge is 2.48. The number of nitrogens with one attached hydrogen (secondary N) is 2. The molecule has 2 bridgehead atoms. The lowest BCUT2D eigenvalue weighted by Gasteiger charge is -2.43. The number of anilines is 2. The van der Waals surface area contributed by atoms with Gasteiger partial charge < -0.3 is 20.1 Å². The molecule has 5 rings (SSSR count). The molecule has 3 aliphatic carbocycles. The van der Waals surface area contributed by atoms with E-state index in [9.17, 15) is 9.59 Å². The molecule has 2 aromatic rings. The van der Waals surface area contributed by atoms with E-state index in [4.69, 9.17) is 9.47 Å². The fraction of sp³-hybridized carbons (Fsp3) is 0.333. The Labute approximate surface area is 176 Å². The van der Waals surface area contributed by atoms with Crippen LogP contribution in [-0.4, -0.2) is 26.0 Å². The number of allylic oxidation sites excluding steroid dienone is 2. The molecule has 0 heterocycles. The molecule has 0 radical (unpaired) electrons. The van der Waals surface area contributed by atoms with Crippen molar-refractivity contribution >= 4 is 23.2 Å². The first-order valence-corrected chi connectivity index (χ1v) is 10.2. The Morgan fingerprint density at radius 3 is 1.50 bits per heavy atom. The monoisotopic (exact) mass is 406 g/mol. The van der Waals surface area contributed by atoms with E-state index >= 15 is 0 Å². The van der Waals surface area contributed by atoms with Gasteiger partial charge in [0.25, 0.3) is 0 Å². The number of carbonyl (C=O) groups is 2. The van der Waals surface area contributed by atoms with Crippen LogP contribution in [0.3, 0.4) is 0 Å². The third-order valence-electron chi connectivity index (χ3n) is 6.08. The zero-order valence-corrected chi connectivity index (χ0v) is 17.1. The van der Waals surface area contributed by atoms with Gasteiger partial charge in [0, 0.05) is 0 Å². The highest BCUT2D eigenvalue weighted by atomic mass is 16.5. The third-order valence-corrected chi connectivity index (χ3v) is 6.08. The van der Waals surface area contributed by atoms with Crippen molar-refractivity contribution in [2.45, 2.75) is 12.8 Å². The summed E-state index contributed by atoms with van der Waals surface area (Å²) in [5.74, 6) is 0.0882. The second-order valence-corrected chi connectivity index (χ2v) is 7.72. The molecule has 6 heteroatoms. The molecule has 0 aromatic heterocycles. The van der Waals surface area contributed by atoms with Crippen molar-refractivity contribution < 1.29 is 19.1 Å². The molecule has 3 aliphatic rings. The number of hydrogen-bond acceptors (Lipinski definition) is 4. The second-order valence-electron chi connectivity index (χ2n) is 7.72. The summed E-state index contributed by atoms with van der Waals surface area (Å²) in [5.41, 5.74) is 1.22. The van der Waals surface area contributed by atoms with Gasteiger partial charge in [0.1, 0.15) is 11.5 Å². The molecule has 2 N–H and O–H groups in total. The number of amides is 2. The molecule has 0 aliphatic heterocycles. The first-order valence-electron chi connectivity index (χ1n) is 10.2. The summed E-state index contributed by atoms with van der Waals surface area (Å²) in [7, 11) is 3.14. The maximum absolute atomic E-state index is 13.3. The zero-order chi connectivity index (χ0) is 21.1. The van der Waals surface area contributed by atoms with E-state index in [1.807, 2.05) is 24.3 Å². The van der Waals surface area contributed by atoms with Gasteiger partial charge in [0.15, 0.2) is 0 Å². The van der Waals surface area contributed by atoms with E-state index in [0.717, 1.165) is 12.8 Å². The van der Waals surface area contributed by atoms with Crippen LogP contribution < -0.4 is 20.1 Å². The fourth-order valence-corrected chi connectivity index (χ4v) is 4.64. The first-order chi connectivity index (χ1) is 14.6. The van der Waals surface area contributed by atoms with Crippen LogP contribution in [0.25, 0.3) is 0 Å². The van der Waals surface area contributed by atoms with Crippen molar-refractivity contribution in [3.05, 3.63) is 60.7 Å². The van der Waals surface area contributed by atoms with Gasteiger partial charge in [-0.2, -0.15) is 0 Å². The zero-order valence-electron chi connectivity index (χ0n) is 17.1. The maximum Gasteiger partial charge on any atom is 0.229 e. The average Bonchev–Trinajstić information content (AvgIpc) is 2.79. The van der Waals surface area contributed by atoms with Crippen LogP contribution in [0.1, 0.15) is 12.8 Å². The lowest BCUT2D eigenvalue weighted by atomic mass is 9.61. The van der Waals surface area contributed by atoms with E-state index in [2.05, 4.69) is 22.8 Å². The van der Waals surface area contributed by atoms with Crippen LogP contribution in [-0.2, 0) is 9.59 Å². The minimum Gasteiger partial charge on any atom is -0.495 e. The Balaban J connectivity index is 1.58. The standard InChI is InChI=1S/C24H26N2O4/c1-29-19-9-5-3-7-17(19)25-23(27)21-15-11-13-16(14-12-15)22(21)24(28)26-18-8-4-6-10-20(18)30-2/h3-11,13,15-16,21-22H,12,14H2,1-2H3,(H,25,27)(H,26,28)/t15-,16-,21-,22+/m1/s1. The van der Waals surface area contributed by atoms with Crippen LogP contribution in [0, 0.1) is 23.7 Å². The summed E-state index contributed by atoms with van der Waals surface area (Å²) in [6.07, 6.45) is 5.99. The Morgan fingerprint density at radius 1 is 0.733 bits per heavy atom. The number of methoxy groups -OCH3 is 2. The molecule has 156 valence electrons. The second kappa shape index (κ2) is 8.61. The van der Waals surface area contributed by atoms with Crippen LogP contribution in [0.2, 0.25) is 0 Å². The predicted octanol–water partition coefficient (Wildman–Crippen LogP) is 4.11. The van der Waals surface area contributed by atoms with Gasteiger partial charge in [0.05, 0.1) is 37.4 Å². The van der Waals surface area contributed by atoms with Crippen molar-refractivity contribution in [3.8, 4) is 11.5 Å². The number of carbonyl (C=O) groups excluding carboxylic acids is 2. The molecule has 1 saturated carbocycles. The molecule has 2 aromatic carbocycles. The van der Waals surface area contributed by atoms with Crippen molar-refractivity contribution in [1.29, 1.82) is 0 Å². The Bertz CT molecular complexity index is 894. The first kappa shape index (κ1) is 20.0. The molecule has 30 heavy (non-hydrogen) atoms. The predicted molar refractivity (Wildman–Crippen MR) is 116 cm³/mol. The Morgan fingerprint density at radius 2 is 1.13 bits per heavy atom. The van der Waals surface area contributed by atoms with Crippen LogP contribution in [0.5, 0.6) is 11.5 Å². The van der Waals surface area contributed by atoms with Gasteiger partial charge in [-0.05, 0) is 48.9 Å². The van der Waals surface area contributed by atoms with E-state index in [1.54, 1.807) is 38.5 Å². The van der Waals surface area contributed by atoms with E-state index in [1.165, 1.54) is 0 Å². The van der Waals surface area contributed by atoms with Crippen LogP contribution >= 0.6 is 0 Å². The van der Waals surface area contributed by atoms with E-state index < -0.39 is 11.8 Å². The summed E-state index contributed by atoms with van der Waals surface area (Å²) in [5, 5.41) is 5.97. The number of ether oxygens (including phenoxy) is 2. The maximum atomic E-state index is 13.3. The number of hydrogen-bond donors (Lipinski definition) is 2. The minimum atomic E-state index is -0.437. The summed E-state index contributed by atoms with van der Waals surface area (Å²) in [4.78, 5) is 26.6. The Hall–Kier alpha value is -3.28. The van der Waals surface area contributed by atoms with E-state index in [0.29, 0.717) is 22.9 Å². The minimum absolute atomic E-state index is 0.0399. The number of fused-ring (bicyclic) bond motifs is 2. The molecule has 0 spiro atoms. The van der Waals surface area contributed by atoms with Crippen molar-refractivity contribution in [1.82, 2.24) is 0 Å². The van der Waals surface area contributed by atoms with Gasteiger partial charge in [-0.15, -0.1) is 0 Å². The molecule has 6 nitrogen and oxygen atoms in total. The largest absolute Gasteiger partial charge is 0.495 e. The molecule has 2 amide bonds. The molecule has 4 atom stereocenters. The van der Waals surface area contributed by atoms with Crippen molar-refractivity contribution in [2.75, 3.05) is 24.9 Å². The summed E-state index contributed by atoms with van der Waals surface area (Å²) in [6.45, 7) is 0. The highest BCUT2D eigenvalue weighted by molar-refractivity contribution is 6.01. The smallest absolute Gasteiger partial charge is 0.229 e. The number of para-hydroxylation sites is 4. The Kier molecular flexibility index (Phi) is 5.74. The van der Waals surface area contributed by atoms with Gasteiger partial charge in [-0.1, -0.05) is 36.4 Å². The molecule has 1 fully saturated rings. The summed E-state index contributed by atoms with van der Waals surface area (Å²) < 4.78 is 10.7. The van der Waals surface area contributed by atoms with Crippen LogP contribution in [0.4, 0.5) is 11.4 Å². The lowest BCUT2D eigenvalue weighted by molar-refractivity contribution is -0.134. The van der Waals surface area contributed by atoms with Gasteiger partial charge in [0.2, 0.25) is 11.8 Å². The topological polar surface area (TPSA) is 76.7 Å². The molecular weight excluding hydrogens is 380 g/mol. The highest BCUT2D eigenvalue weighted by Crippen LogP contribution is 2.46. The van der Waals surface area contributed by atoms with Gasteiger partial charge >= 0.3 is 0 Å². The van der Waals surface area contributed by atoms with Crippen molar-refractivity contribution in [3.63, 3.8) is 0 Å². The molecular formula is C24H26N2O4. The molecule has 0 unspecified atom stereocenters. The SMILES string of the molecule is COc1ccccc1NC(=O)[C@@H]1[C@H](C(=O)Nc2ccccc2OC)[C@@H]2C=C[C@@H]1CC2. The summed E-state index contributed by atoms with van der Waals surface area (Å²) >= 11 is 0. The molecule has 0 saturated heterocycles. The number of benzene rings is 2.